The molecule has 3 heteroatoms. The molecule has 0 aromatic heterocycles. The van der Waals surface area contributed by atoms with Gasteiger partial charge in [0, 0.05) is 26.7 Å². The molecule has 2 amide bonds. The summed E-state index contributed by atoms with van der Waals surface area (Å²) in [6.45, 7) is 9.85. The minimum absolute atomic E-state index is 0.0873. The van der Waals surface area contributed by atoms with Gasteiger partial charge in [-0.2, -0.15) is 0 Å². The number of nitrogens with zero attached hydrogens (tertiary/aromatic N) is 2. The molecule has 0 spiro atoms. The second-order valence-corrected chi connectivity index (χ2v) is 3.03. The maximum atomic E-state index is 11.7. The highest BCUT2D eigenvalue weighted by atomic mass is 16.2. The fourth-order valence-corrected chi connectivity index (χ4v) is 1.07. The summed E-state index contributed by atoms with van der Waals surface area (Å²) in [4.78, 5) is 15.2. The van der Waals surface area contributed by atoms with Crippen LogP contribution < -0.4 is 0 Å². The largest absolute Gasteiger partial charge is 0.328 e. The van der Waals surface area contributed by atoms with E-state index in [1.54, 1.807) is 15.9 Å². The molecular formula is C10H20N2O. The molecule has 0 saturated carbocycles. The fourth-order valence-electron chi connectivity index (χ4n) is 1.07. The molecule has 0 aromatic rings. The molecule has 0 unspecified atom stereocenters. The molecule has 0 radical (unpaired) electrons. The topological polar surface area (TPSA) is 23.6 Å². The predicted molar refractivity (Wildman–Crippen MR) is 55.8 cm³/mol. The second-order valence-electron chi connectivity index (χ2n) is 3.03. The summed E-state index contributed by atoms with van der Waals surface area (Å²) in [6, 6.07) is 0.0873. The van der Waals surface area contributed by atoms with Gasteiger partial charge in [-0.15, -0.1) is 6.58 Å². The molecule has 0 bridgehead atoms. The Morgan fingerprint density at radius 3 is 2.46 bits per heavy atom. The van der Waals surface area contributed by atoms with Gasteiger partial charge in [0.1, 0.15) is 0 Å². The Hall–Kier alpha value is -0.990. The van der Waals surface area contributed by atoms with Gasteiger partial charge in [-0.05, 0) is 13.3 Å². The van der Waals surface area contributed by atoms with Crippen molar-refractivity contribution in [2.75, 3.05) is 26.7 Å². The van der Waals surface area contributed by atoms with E-state index in [0.717, 1.165) is 19.5 Å². The first-order valence-corrected chi connectivity index (χ1v) is 4.78. The lowest BCUT2D eigenvalue weighted by atomic mass is 10.4. The number of hydrogen-bond donors (Lipinski definition) is 0. The number of carbonyl (C=O) groups is 1. The van der Waals surface area contributed by atoms with Gasteiger partial charge in [0.15, 0.2) is 0 Å². The summed E-state index contributed by atoms with van der Waals surface area (Å²) in [5.74, 6) is 0. The van der Waals surface area contributed by atoms with E-state index in [0.29, 0.717) is 6.54 Å². The van der Waals surface area contributed by atoms with E-state index in [4.69, 9.17) is 0 Å². The van der Waals surface area contributed by atoms with Crippen molar-refractivity contribution in [2.24, 2.45) is 0 Å². The summed E-state index contributed by atoms with van der Waals surface area (Å²) in [7, 11) is 1.81. The zero-order chi connectivity index (χ0) is 10.3. The van der Waals surface area contributed by atoms with E-state index in [2.05, 4.69) is 13.5 Å². The highest BCUT2D eigenvalue weighted by molar-refractivity contribution is 5.74. The average molecular weight is 184 g/mol. The number of hydrogen-bond acceptors (Lipinski definition) is 1. The van der Waals surface area contributed by atoms with Crippen LogP contribution in [0.5, 0.6) is 0 Å². The molecule has 0 aliphatic rings. The zero-order valence-corrected chi connectivity index (χ0v) is 8.92. The van der Waals surface area contributed by atoms with Crippen LogP contribution in [-0.4, -0.2) is 42.5 Å². The highest BCUT2D eigenvalue weighted by Gasteiger charge is 2.13. The van der Waals surface area contributed by atoms with Crippen molar-refractivity contribution in [1.29, 1.82) is 0 Å². The van der Waals surface area contributed by atoms with Crippen LogP contribution >= 0.6 is 0 Å². The maximum Gasteiger partial charge on any atom is 0.320 e. The Kier molecular flexibility index (Phi) is 6.02. The lowest BCUT2D eigenvalue weighted by Gasteiger charge is -2.26. The van der Waals surface area contributed by atoms with E-state index in [1.165, 1.54) is 0 Å². The van der Waals surface area contributed by atoms with E-state index in [-0.39, 0.29) is 6.03 Å². The number of rotatable bonds is 5. The normalized spacial score (nSPS) is 9.46. The van der Waals surface area contributed by atoms with Crippen molar-refractivity contribution in [3.05, 3.63) is 12.7 Å². The van der Waals surface area contributed by atoms with Crippen LogP contribution in [0.1, 0.15) is 20.3 Å². The fraction of sp³-hybridized carbons (Fsp3) is 0.700. The van der Waals surface area contributed by atoms with Gasteiger partial charge in [-0.3, -0.25) is 0 Å². The molecule has 0 heterocycles. The molecule has 13 heavy (non-hydrogen) atoms. The van der Waals surface area contributed by atoms with E-state index >= 15 is 0 Å². The monoisotopic (exact) mass is 184 g/mol. The Labute approximate surface area is 81.0 Å². The smallest absolute Gasteiger partial charge is 0.320 e. The molecule has 0 saturated heterocycles. The quantitative estimate of drug-likeness (QED) is 0.599. The van der Waals surface area contributed by atoms with Crippen LogP contribution in [0.15, 0.2) is 12.7 Å². The van der Waals surface area contributed by atoms with Crippen molar-refractivity contribution in [3.8, 4) is 0 Å². The summed E-state index contributed by atoms with van der Waals surface area (Å²) >= 11 is 0. The zero-order valence-electron chi connectivity index (χ0n) is 8.92. The Morgan fingerprint density at radius 2 is 2.08 bits per heavy atom. The third-order valence-electron chi connectivity index (χ3n) is 1.91. The molecule has 76 valence electrons. The molecule has 0 aliphatic heterocycles. The third-order valence-corrected chi connectivity index (χ3v) is 1.91. The molecule has 0 aromatic carbocycles. The SMILES string of the molecule is C=CCN(CCC)C(=O)N(C)CC. The standard InChI is InChI=1S/C10H20N2O/c1-5-8-12(9-6-2)10(13)11(4)7-3/h5H,1,6-9H2,2-4H3. The van der Waals surface area contributed by atoms with Crippen molar-refractivity contribution in [2.45, 2.75) is 20.3 Å². The molecule has 0 rings (SSSR count). The van der Waals surface area contributed by atoms with Crippen LogP contribution in [0.4, 0.5) is 4.79 Å². The van der Waals surface area contributed by atoms with Gasteiger partial charge in [-0.25, -0.2) is 4.79 Å². The van der Waals surface area contributed by atoms with Gasteiger partial charge in [0.2, 0.25) is 0 Å². The van der Waals surface area contributed by atoms with Gasteiger partial charge >= 0.3 is 6.03 Å². The number of carbonyl (C=O) groups excluding carboxylic acids is 1. The van der Waals surface area contributed by atoms with E-state index in [9.17, 15) is 4.79 Å². The van der Waals surface area contributed by atoms with Gasteiger partial charge in [-0.1, -0.05) is 13.0 Å². The lowest BCUT2D eigenvalue weighted by Crippen LogP contribution is -2.41. The molecule has 0 fully saturated rings. The van der Waals surface area contributed by atoms with Crippen LogP contribution in [0.2, 0.25) is 0 Å². The third kappa shape index (κ3) is 3.97. The molecule has 0 aliphatic carbocycles. The predicted octanol–water partition coefficient (Wildman–Crippen LogP) is 1.96. The summed E-state index contributed by atoms with van der Waals surface area (Å²) < 4.78 is 0. The van der Waals surface area contributed by atoms with Gasteiger partial charge < -0.3 is 9.80 Å². The molecule has 0 N–H and O–H groups in total. The highest BCUT2D eigenvalue weighted by Crippen LogP contribution is 1.98. The molecule has 0 atom stereocenters. The van der Waals surface area contributed by atoms with Crippen LogP contribution in [0, 0.1) is 0 Å². The van der Waals surface area contributed by atoms with Crippen molar-refractivity contribution in [1.82, 2.24) is 9.80 Å². The summed E-state index contributed by atoms with van der Waals surface area (Å²) in [5, 5.41) is 0. The minimum atomic E-state index is 0.0873. The van der Waals surface area contributed by atoms with Crippen LogP contribution in [0.3, 0.4) is 0 Å². The molecular weight excluding hydrogens is 164 g/mol. The first-order valence-electron chi connectivity index (χ1n) is 4.78. The van der Waals surface area contributed by atoms with Crippen molar-refractivity contribution < 1.29 is 4.79 Å². The van der Waals surface area contributed by atoms with Gasteiger partial charge in [0.05, 0.1) is 0 Å². The van der Waals surface area contributed by atoms with Crippen molar-refractivity contribution in [3.63, 3.8) is 0 Å². The minimum Gasteiger partial charge on any atom is -0.328 e. The first-order chi connectivity index (χ1) is 6.17. The second kappa shape index (κ2) is 6.52. The van der Waals surface area contributed by atoms with E-state index in [1.807, 2.05) is 14.0 Å². The van der Waals surface area contributed by atoms with Crippen LogP contribution in [-0.2, 0) is 0 Å². The lowest BCUT2D eigenvalue weighted by molar-refractivity contribution is 0.170. The van der Waals surface area contributed by atoms with Gasteiger partial charge in [0.25, 0.3) is 0 Å². The molecule has 3 nitrogen and oxygen atoms in total. The number of amides is 2. The Balaban J connectivity index is 4.17. The maximum absolute atomic E-state index is 11.7. The first kappa shape index (κ1) is 12.0. The van der Waals surface area contributed by atoms with Crippen LogP contribution in [0.25, 0.3) is 0 Å². The summed E-state index contributed by atoms with van der Waals surface area (Å²) in [5.41, 5.74) is 0. The van der Waals surface area contributed by atoms with E-state index < -0.39 is 0 Å². The van der Waals surface area contributed by atoms with Crippen molar-refractivity contribution >= 4 is 6.03 Å². The summed E-state index contributed by atoms with van der Waals surface area (Å²) in [6.07, 6.45) is 2.74. The number of urea groups is 1. The average Bonchev–Trinajstić information content (AvgIpc) is 2.15. The Morgan fingerprint density at radius 1 is 1.46 bits per heavy atom. The Bertz CT molecular complexity index is 168.